The first-order valence-corrected chi connectivity index (χ1v) is 7.43. The molecule has 2 aromatic carbocycles. The molecule has 2 rings (SSSR count). The van der Waals surface area contributed by atoms with Crippen molar-refractivity contribution in [3.63, 3.8) is 0 Å². The van der Waals surface area contributed by atoms with Crippen molar-refractivity contribution in [2.45, 2.75) is 26.5 Å². The summed E-state index contributed by atoms with van der Waals surface area (Å²) in [5.41, 5.74) is 7.73. The molecule has 0 unspecified atom stereocenters. The number of nitrogens with two attached hydrogens (primary N) is 1. The SMILES string of the molecule is CCCOc1ccc(CN)c(OCc2cccc(Cl)c2)c1. The van der Waals surface area contributed by atoms with Crippen molar-refractivity contribution in [1.29, 1.82) is 0 Å². The molecule has 0 saturated carbocycles. The van der Waals surface area contributed by atoms with Gasteiger partial charge >= 0.3 is 0 Å². The minimum absolute atomic E-state index is 0.430. The topological polar surface area (TPSA) is 44.5 Å². The predicted molar refractivity (Wildman–Crippen MR) is 85.9 cm³/mol. The first-order valence-electron chi connectivity index (χ1n) is 7.06. The lowest BCUT2D eigenvalue weighted by molar-refractivity contribution is 0.292. The molecule has 2 aromatic rings. The fourth-order valence-corrected chi connectivity index (χ4v) is 2.15. The van der Waals surface area contributed by atoms with Crippen LogP contribution < -0.4 is 15.2 Å². The lowest BCUT2D eigenvalue weighted by Crippen LogP contribution is -2.04. The van der Waals surface area contributed by atoms with Gasteiger partial charge in [0.2, 0.25) is 0 Å². The van der Waals surface area contributed by atoms with E-state index in [0.717, 1.165) is 29.0 Å². The maximum atomic E-state index is 5.97. The normalized spacial score (nSPS) is 10.4. The van der Waals surface area contributed by atoms with Crippen molar-refractivity contribution in [3.05, 3.63) is 58.6 Å². The summed E-state index contributed by atoms with van der Waals surface area (Å²) in [6, 6.07) is 13.4. The van der Waals surface area contributed by atoms with Gasteiger partial charge in [0.1, 0.15) is 18.1 Å². The summed E-state index contributed by atoms with van der Waals surface area (Å²) < 4.78 is 11.5. The molecule has 0 aromatic heterocycles. The van der Waals surface area contributed by atoms with E-state index in [0.29, 0.717) is 24.8 Å². The molecule has 4 heteroatoms. The van der Waals surface area contributed by atoms with Crippen molar-refractivity contribution >= 4 is 11.6 Å². The third kappa shape index (κ3) is 4.66. The quantitative estimate of drug-likeness (QED) is 0.835. The van der Waals surface area contributed by atoms with Gasteiger partial charge in [0, 0.05) is 23.2 Å². The van der Waals surface area contributed by atoms with E-state index >= 15 is 0 Å². The van der Waals surface area contributed by atoms with Crippen LogP contribution in [-0.2, 0) is 13.2 Å². The second-order valence-corrected chi connectivity index (χ2v) is 5.18. The molecule has 0 heterocycles. The molecule has 0 atom stereocenters. The van der Waals surface area contributed by atoms with Crippen LogP contribution in [0.15, 0.2) is 42.5 Å². The van der Waals surface area contributed by atoms with E-state index in [2.05, 4.69) is 6.92 Å². The molecule has 0 fully saturated rings. The molecule has 0 aliphatic heterocycles. The van der Waals surface area contributed by atoms with Gasteiger partial charge in [-0.1, -0.05) is 36.7 Å². The maximum Gasteiger partial charge on any atom is 0.127 e. The summed E-state index contributed by atoms with van der Waals surface area (Å²) in [6.07, 6.45) is 0.970. The highest BCUT2D eigenvalue weighted by atomic mass is 35.5. The highest BCUT2D eigenvalue weighted by Gasteiger charge is 2.06. The van der Waals surface area contributed by atoms with Crippen molar-refractivity contribution in [3.8, 4) is 11.5 Å². The van der Waals surface area contributed by atoms with Gasteiger partial charge in [0.05, 0.1) is 6.61 Å². The van der Waals surface area contributed by atoms with Crippen LogP contribution in [-0.4, -0.2) is 6.61 Å². The summed E-state index contributed by atoms with van der Waals surface area (Å²) in [4.78, 5) is 0. The summed E-state index contributed by atoms with van der Waals surface area (Å²) in [7, 11) is 0. The second kappa shape index (κ2) is 7.91. The molecule has 3 nitrogen and oxygen atoms in total. The van der Waals surface area contributed by atoms with E-state index in [9.17, 15) is 0 Å². The average Bonchev–Trinajstić information content (AvgIpc) is 2.51. The molecule has 0 bridgehead atoms. The lowest BCUT2D eigenvalue weighted by Gasteiger charge is -2.13. The van der Waals surface area contributed by atoms with Crippen molar-refractivity contribution in [1.82, 2.24) is 0 Å². The van der Waals surface area contributed by atoms with Crippen molar-refractivity contribution in [2.75, 3.05) is 6.61 Å². The van der Waals surface area contributed by atoms with Crippen LogP contribution in [0, 0.1) is 0 Å². The average molecular weight is 306 g/mol. The number of ether oxygens (including phenoxy) is 2. The molecule has 0 amide bonds. The van der Waals surface area contributed by atoms with Gasteiger partial charge in [0.15, 0.2) is 0 Å². The van der Waals surface area contributed by atoms with E-state index in [1.807, 2.05) is 42.5 Å². The summed E-state index contributed by atoms with van der Waals surface area (Å²) in [5, 5.41) is 0.704. The molecule has 0 spiro atoms. The first-order chi connectivity index (χ1) is 10.2. The smallest absolute Gasteiger partial charge is 0.127 e. The Labute approximate surface area is 130 Å². The van der Waals surface area contributed by atoms with Gasteiger partial charge in [-0.2, -0.15) is 0 Å². The molecular formula is C17H20ClNO2. The predicted octanol–water partition coefficient (Wildman–Crippen LogP) is 4.17. The molecular weight excluding hydrogens is 286 g/mol. The Balaban J connectivity index is 2.09. The summed E-state index contributed by atoms with van der Waals surface area (Å²) in [6.45, 7) is 3.64. The van der Waals surface area contributed by atoms with E-state index in [1.165, 1.54) is 0 Å². The Hall–Kier alpha value is -1.71. The number of halogens is 1. The largest absolute Gasteiger partial charge is 0.493 e. The standard InChI is InChI=1S/C17H20ClNO2/c1-2-8-20-16-7-6-14(11-19)17(10-16)21-12-13-4-3-5-15(18)9-13/h3-7,9-10H,2,8,11-12,19H2,1H3. The molecule has 0 radical (unpaired) electrons. The van der Waals surface area contributed by atoms with Crippen LogP contribution in [0.4, 0.5) is 0 Å². The van der Waals surface area contributed by atoms with E-state index in [4.69, 9.17) is 26.8 Å². The minimum Gasteiger partial charge on any atom is -0.493 e. The van der Waals surface area contributed by atoms with Crippen molar-refractivity contribution in [2.24, 2.45) is 5.73 Å². The Morgan fingerprint density at radius 1 is 1.10 bits per heavy atom. The molecule has 2 N–H and O–H groups in total. The van der Waals surface area contributed by atoms with Gasteiger partial charge in [0.25, 0.3) is 0 Å². The van der Waals surface area contributed by atoms with Gasteiger partial charge in [-0.3, -0.25) is 0 Å². The summed E-state index contributed by atoms with van der Waals surface area (Å²) >= 11 is 5.97. The highest BCUT2D eigenvalue weighted by molar-refractivity contribution is 6.30. The number of hydrogen-bond donors (Lipinski definition) is 1. The van der Waals surface area contributed by atoms with E-state index in [1.54, 1.807) is 0 Å². The van der Waals surface area contributed by atoms with Crippen LogP contribution in [0.2, 0.25) is 5.02 Å². The molecule has 21 heavy (non-hydrogen) atoms. The fourth-order valence-electron chi connectivity index (χ4n) is 1.94. The lowest BCUT2D eigenvalue weighted by atomic mass is 10.2. The molecule has 112 valence electrons. The summed E-state index contributed by atoms with van der Waals surface area (Å²) in [5.74, 6) is 1.56. The zero-order valence-electron chi connectivity index (χ0n) is 12.1. The number of rotatable bonds is 7. The van der Waals surface area contributed by atoms with Gasteiger partial charge in [-0.05, 0) is 30.2 Å². The van der Waals surface area contributed by atoms with Crippen LogP contribution >= 0.6 is 11.6 Å². The van der Waals surface area contributed by atoms with Gasteiger partial charge in [-0.15, -0.1) is 0 Å². The van der Waals surface area contributed by atoms with Crippen LogP contribution in [0.3, 0.4) is 0 Å². The van der Waals surface area contributed by atoms with Crippen LogP contribution in [0.25, 0.3) is 0 Å². The molecule has 0 saturated heterocycles. The van der Waals surface area contributed by atoms with Crippen LogP contribution in [0.1, 0.15) is 24.5 Å². The number of benzene rings is 2. The van der Waals surface area contributed by atoms with Crippen LogP contribution in [0.5, 0.6) is 11.5 Å². The third-order valence-electron chi connectivity index (χ3n) is 3.01. The monoisotopic (exact) mass is 305 g/mol. The Kier molecular flexibility index (Phi) is 5.90. The fraction of sp³-hybridized carbons (Fsp3) is 0.294. The Morgan fingerprint density at radius 3 is 2.67 bits per heavy atom. The maximum absolute atomic E-state index is 5.97. The zero-order chi connectivity index (χ0) is 15.1. The van der Waals surface area contributed by atoms with Gasteiger partial charge in [-0.25, -0.2) is 0 Å². The van der Waals surface area contributed by atoms with Crippen molar-refractivity contribution < 1.29 is 9.47 Å². The number of hydrogen-bond acceptors (Lipinski definition) is 3. The Bertz CT molecular complexity index is 587. The van der Waals surface area contributed by atoms with Gasteiger partial charge < -0.3 is 15.2 Å². The second-order valence-electron chi connectivity index (χ2n) is 4.74. The van der Waals surface area contributed by atoms with E-state index < -0.39 is 0 Å². The molecule has 0 aliphatic carbocycles. The first kappa shape index (κ1) is 15.7. The Morgan fingerprint density at radius 2 is 1.95 bits per heavy atom. The highest BCUT2D eigenvalue weighted by Crippen LogP contribution is 2.26. The zero-order valence-corrected chi connectivity index (χ0v) is 12.9. The third-order valence-corrected chi connectivity index (χ3v) is 3.25. The van der Waals surface area contributed by atoms with E-state index in [-0.39, 0.29) is 0 Å². The molecule has 0 aliphatic rings. The minimum atomic E-state index is 0.430.